The summed E-state index contributed by atoms with van der Waals surface area (Å²) >= 11 is 0. The first-order valence-corrected chi connectivity index (χ1v) is 6.52. The lowest BCUT2D eigenvalue weighted by atomic mass is 9.90. The fourth-order valence-corrected chi connectivity index (χ4v) is 2.05. The third-order valence-corrected chi connectivity index (χ3v) is 3.03. The molecular weight excluding hydrogens is 255 g/mol. The second-order valence-electron chi connectivity index (χ2n) is 4.60. The van der Waals surface area contributed by atoms with Crippen molar-refractivity contribution in [2.24, 2.45) is 11.7 Å². The van der Waals surface area contributed by atoms with E-state index in [4.69, 9.17) is 5.73 Å². The van der Waals surface area contributed by atoms with E-state index in [-0.39, 0.29) is 5.75 Å². The van der Waals surface area contributed by atoms with Crippen molar-refractivity contribution < 1.29 is 17.9 Å². The van der Waals surface area contributed by atoms with Crippen LogP contribution in [0.4, 0.5) is 13.2 Å². The summed E-state index contributed by atoms with van der Waals surface area (Å²) in [4.78, 5) is 0. The highest BCUT2D eigenvalue weighted by molar-refractivity contribution is 5.20. The quantitative estimate of drug-likeness (QED) is 0.881. The molecule has 0 spiro atoms. The van der Waals surface area contributed by atoms with Crippen molar-refractivity contribution in [3.8, 4) is 5.75 Å². The van der Waals surface area contributed by atoms with E-state index in [0.29, 0.717) is 0 Å². The van der Waals surface area contributed by atoms with Gasteiger partial charge in [0, 0.05) is 0 Å². The number of benzene rings is 1. The number of alkyl halides is 3. The van der Waals surface area contributed by atoms with Crippen LogP contribution in [0.1, 0.15) is 32.1 Å². The van der Waals surface area contributed by atoms with Gasteiger partial charge in [0.25, 0.3) is 0 Å². The predicted octanol–water partition coefficient (Wildman–Crippen LogP) is 4.11. The third-order valence-electron chi connectivity index (χ3n) is 3.03. The highest BCUT2D eigenvalue weighted by Crippen LogP contribution is 2.22. The van der Waals surface area contributed by atoms with Crippen LogP contribution in [0.25, 0.3) is 0 Å². The maximum atomic E-state index is 11.5. The van der Waals surface area contributed by atoms with E-state index < -0.39 is 6.36 Å². The van der Waals surface area contributed by atoms with Crippen molar-refractivity contribution in [1.82, 2.24) is 0 Å². The van der Waals surface area contributed by atoms with Gasteiger partial charge in [0.2, 0.25) is 0 Å². The Balaban J connectivity index is 0.000000200. The van der Waals surface area contributed by atoms with Crippen LogP contribution in [0.5, 0.6) is 5.75 Å². The van der Waals surface area contributed by atoms with Crippen molar-refractivity contribution in [1.29, 1.82) is 0 Å². The van der Waals surface area contributed by atoms with Crippen LogP contribution in [-0.2, 0) is 0 Å². The largest absolute Gasteiger partial charge is 0.573 e. The van der Waals surface area contributed by atoms with Crippen LogP contribution >= 0.6 is 0 Å². The fourth-order valence-electron chi connectivity index (χ4n) is 2.05. The summed E-state index contributed by atoms with van der Waals surface area (Å²) in [7, 11) is 0. The van der Waals surface area contributed by atoms with Crippen LogP contribution in [0, 0.1) is 5.92 Å². The lowest BCUT2D eigenvalue weighted by molar-refractivity contribution is -0.274. The second kappa shape index (κ2) is 8.04. The topological polar surface area (TPSA) is 35.2 Å². The van der Waals surface area contributed by atoms with Gasteiger partial charge in [0.05, 0.1) is 0 Å². The molecule has 0 aromatic heterocycles. The van der Waals surface area contributed by atoms with E-state index in [1.165, 1.54) is 56.4 Å². The van der Waals surface area contributed by atoms with E-state index >= 15 is 0 Å². The number of ether oxygens (including phenoxy) is 1. The van der Waals surface area contributed by atoms with Gasteiger partial charge in [-0.3, -0.25) is 0 Å². The van der Waals surface area contributed by atoms with Gasteiger partial charge >= 0.3 is 6.36 Å². The molecule has 0 aliphatic heterocycles. The number of rotatable bonds is 2. The lowest BCUT2D eigenvalue weighted by Gasteiger charge is -2.18. The zero-order valence-electron chi connectivity index (χ0n) is 10.8. The SMILES string of the molecule is FC(F)(F)Oc1ccccc1.NCC1CCCCC1. The zero-order valence-corrected chi connectivity index (χ0v) is 10.8. The van der Waals surface area contributed by atoms with Crippen LogP contribution in [0.3, 0.4) is 0 Å². The van der Waals surface area contributed by atoms with E-state index in [0.717, 1.165) is 12.5 Å². The fraction of sp³-hybridized carbons (Fsp3) is 0.571. The van der Waals surface area contributed by atoms with E-state index in [1.807, 2.05) is 0 Å². The average molecular weight is 275 g/mol. The smallest absolute Gasteiger partial charge is 0.406 e. The molecule has 0 radical (unpaired) electrons. The summed E-state index contributed by atoms with van der Waals surface area (Å²) in [5, 5.41) is 0. The number of hydrogen-bond donors (Lipinski definition) is 1. The summed E-state index contributed by atoms with van der Waals surface area (Å²) < 4.78 is 38.2. The molecule has 0 saturated heterocycles. The molecule has 0 bridgehead atoms. The number of para-hydroxylation sites is 1. The van der Waals surface area contributed by atoms with Gasteiger partial charge in [-0.2, -0.15) is 0 Å². The Morgan fingerprint density at radius 3 is 2.05 bits per heavy atom. The summed E-state index contributed by atoms with van der Waals surface area (Å²) in [5.41, 5.74) is 5.50. The molecule has 1 fully saturated rings. The monoisotopic (exact) mass is 275 g/mol. The Hall–Kier alpha value is -1.23. The van der Waals surface area contributed by atoms with Crippen molar-refractivity contribution >= 4 is 0 Å². The third kappa shape index (κ3) is 7.72. The Labute approximate surface area is 111 Å². The molecule has 0 atom stereocenters. The second-order valence-corrected chi connectivity index (χ2v) is 4.60. The minimum absolute atomic E-state index is 0.194. The van der Waals surface area contributed by atoms with Crippen LogP contribution in [0.15, 0.2) is 30.3 Å². The molecular formula is C14H20F3NO. The Morgan fingerprint density at radius 1 is 1.05 bits per heavy atom. The first-order chi connectivity index (χ1) is 9.01. The summed E-state index contributed by atoms with van der Waals surface area (Å²) in [6.45, 7) is 0.917. The van der Waals surface area contributed by atoms with Gasteiger partial charge in [-0.25, -0.2) is 0 Å². The van der Waals surface area contributed by atoms with Crippen molar-refractivity contribution in [3.05, 3.63) is 30.3 Å². The molecule has 1 aromatic rings. The first kappa shape index (κ1) is 15.8. The summed E-state index contributed by atoms with van der Waals surface area (Å²) in [6.07, 6.45) is 2.45. The standard InChI is InChI=1S/C7H5F3O.C7H15N/c8-7(9,10)11-6-4-2-1-3-5-6;8-6-7-4-2-1-3-5-7/h1-5H;7H,1-6,8H2. The molecule has 2 nitrogen and oxygen atoms in total. The maximum Gasteiger partial charge on any atom is 0.573 e. The highest BCUT2D eigenvalue weighted by Gasteiger charge is 2.30. The minimum Gasteiger partial charge on any atom is -0.406 e. The van der Waals surface area contributed by atoms with Gasteiger partial charge < -0.3 is 10.5 Å². The Morgan fingerprint density at radius 2 is 1.63 bits per heavy atom. The van der Waals surface area contributed by atoms with Gasteiger partial charge in [-0.15, -0.1) is 13.2 Å². The molecule has 19 heavy (non-hydrogen) atoms. The number of nitrogens with two attached hydrogens (primary N) is 1. The normalized spacial score (nSPS) is 16.4. The molecule has 108 valence electrons. The Kier molecular flexibility index (Phi) is 6.70. The minimum atomic E-state index is -4.60. The lowest BCUT2D eigenvalue weighted by Crippen LogP contribution is -2.16. The molecule has 5 heteroatoms. The van der Waals surface area contributed by atoms with Crippen molar-refractivity contribution in [2.45, 2.75) is 38.5 Å². The van der Waals surface area contributed by atoms with Gasteiger partial charge in [-0.05, 0) is 37.4 Å². The molecule has 1 aliphatic rings. The molecule has 2 rings (SSSR count). The molecule has 0 amide bonds. The van der Waals surface area contributed by atoms with E-state index in [2.05, 4.69) is 4.74 Å². The van der Waals surface area contributed by atoms with Crippen LogP contribution in [-0.4, -0.2) is 12.9 Å². The molecule has 2 N–H and O–H groups in total. The Bertz CT molecular complexity index is 334. The summed E-state index contributed by atoms with van der Waals surface area (Å²) in [5.74, 6) is 0.670. The van der Waals surface area contributed by atoms with Gasteiger partial charge in [0.1, 0.15) is 5.75 Å². The highest BCUT2D eigenvalue weighted by atomic mass is 19.4. The maximum absolute atomic E-state index is 11.5. The number of halogens is 3. The van der Waals surface area contributed by atoms with Gasteiger partial charge in [-0.1, -0.05) is 37.5 Å². The molecule has 1 saturated carbocycles. The van der Waals surface area contributed by atoms with Crippen LogP contribution in [0.2, 0.25) is 0 Å². The molecule has 0 unspecified atom stereocenters. The van der Waals surface area contributed by atoms with Crippen LogP contribution < -0.4 is 10.5 Å². The molecule has 1 aromatic carbocycles. The number of hydrogen-bond acceptors (Lipinski definition) is 2. The van der Waals surface area contributed by atoms with E-state index in [9.17, 15) is 13.2 Å². The van der Waals surface area contributed by atoms with E-state index in [1.54, 1.807) is 6.07 Å². The zero-order chi connectivity index (χ0) is 14.1. The van der Waals surface area contributed by atoms with Crippen molar-refractivity contribution in [2.75, 3.05) is 6.54 Å². The molecule has 0 heterocycles. The van der Waals surface area contributed by atoms with Crippen molar-refractivity contribution in [3.63, 3.8) is 0 Å². The summed E-state index contributed by atoms with van der Waals surface area (Å²) in [6, 6.07) is 7.05. The average Bonchev–Trinajstić information content (AvgIpc) is 2.40. The predicted molar refractivity (Wildman–Crippen MR) is 68.8 cm³/mol. The first-order valence-electron chi connectivity index (χ1n) is 6.52. The van der Waals surface area contributed by atoms with Gasteiger partial charge in [0.15, 0.2) is 0 Å². The molecule has 1 aliphatic carbocycles.